The van der Waals surface area contributed by atoms with Crippen molar-refractivity contribution in [3.05, 3.63) is 86.1 Å². The van der Waals surface area contributed by atoms with Gasteiger partial charge in [-0.25, -0.2) is 9.78 Å². The molecule has 0 saturated carbocycles. The fourth-order valence-corrected chi connectivity index (χ4v) is 4.06. The first kappa shape index (κ1) is 19.1. The molecular formula is C21H21N5O2S. The fraction of sp³-hybridized carbons (Fsp3) is 0.190. The van der Waals surface area contributed by atoms with Gasteiger partial charge < -0.3 is 10.3 Å². The third kappa shape index (κ3) is 3.84. The summed E-state index contributed by atoms with van der Waals surface area (Å²) >= 11 is 1.52. The molecular weight excluding hydrogens is 386 g/mol. The lowest BCUT2D eigenvalue weighted by molar-refractivity contribution is 0.728. The van der Waals surface area contributed by atoms with E-state index >= 15 is 0 Å². The van der Waals surface area contributed by atoms with Gasteiger partial charge in [0.15, 0.2) is 16.3 Å². The summed E-state index contributed by atoms with van der Waals surface area (Å²) < 4.78 is 3.25. The van der Waals surface area contributed by atoms with E-state index in [1.807, 2.05) is 60.0 Å². The van der Waals surface area contributed by atoms with Crippen molar-refractivity contribution in [3.8, 4) is 0 Å². The molecule has 0 atom stereocenters. The van der Waals surface area contributed by atoms with Crippen molar-refractivity contribution >= 4 is 28.6 Å². The first-order chi connectivity index (χ1) is 13.9. The smallest absolute Gasteiger partial charge is 0.329 e. The molecule has 0 radical (unpaired) electrons. The Morgan fingerprint density at radius 2 is 1.69 bits per heavy atom. The Kier molecular flexibility index (Phi) is 5.02. The zero-order valence-corrected chi connectivity index (χ0v) is 17.0. The molecule has 0 fully saturated rings. The van der Waals surface area contributed by atoms with Gasteiger partial charge in [0.2, 0.25) is 0 Å². The number of hydrogen-bond acceptors (Lipinski definition) is 5. The Balaban J connectivity index is 1.78. The predicted octanol–water partition coefficient (Wildman–Crippen LogP) is 2.65. The monoisotopic (exact) mass is 407 g/mol. The second kappa shape index (κ2) is 7.63. The van der Waals surface area contributed by atoms with Crippen LogP contribution in [-0.2, 0) is 19.3 Å². The van der Waals surface area contributed by atoms with Crippen LogP contribution in [0.4, 0.5) is 5.69 Å². The summed E-state index contributed by atoms with van der Waals surface area (Å²) in [6, 6.07) is 15.8. The number of thioether (sulfide) groups is 1. The van der Waals surface area contributed by atoms with E-state index in [9.17, 15) is 9.59 Å². The molecule has 0 amide bonds. The molecule has 2 heterocycles. The highest BCUT2D eigenvalue weighted by Crippen LogP contribution is 2.26. The highest BCUT2D eigenvalue weighted by molar-refractivity contribution is 7.98. The lowest BCUT2D eigenvalue weighted by Crippen LogP contribution is -2.29. The molecule has 148 valence electrons. The van der Waals surface area contributed by atoms with Crippen molar-refractivity contribution in [1.82, 2.24) is 19.1 Å². The molecule has 4 aromatic rings. The molecule has 0 aliphatic carbocycles. The van der Waals surface area contributed by atoms with Crippen LogP contribution in [0, 0.1) is 6.92 Å². The van der Waals surface area contributed by atoms with Gasteiger partial charge in [0.1, 0.15) is 0 Å². The summed E-state index contributed by atoms with van der Waals surface area (Å²) in [5, 5.41) is 0.684. The lowest BCUT2D eigenvalue weighted by Gasteiger charge is -2.09. The number of imidazole rings is 1. The van der Waals surface area contributed by atoms with Gasteiger partial charge >= 0.3 is 5.69 Å². The molecule has 2 aromatic carbocycles. The highest BCUT2D eigenvalue weighted by atomic mass is 32.2. The molecule has 0 aliphatic rings. The van der Waals surface area contributed by atoms with Crippen molar-refractivity contribution in [2.75, 3.05) is 5.73 Å². The van der Waals surface area contributed by atoms with Gasteiger partial charge in [-0.1, -0.05) is 53.7 Å². The number of anilines is 1. The number of benzene rings is 2. The number of nitrogen functional groups attached to an aromatic ring is 1. The molecule has 0 aliphatic heterocycles. The second-order valence-electron chi connectivity index (χ2n) is 6.99. The minimum absolute atomic E-state index is 0.380. The van der Waals surface area contributed by atoms with Crippen LogP contribution in [0.25, 0.3) is 11.2 Å². The second-order valence-corrected chi connectivity index (χ2v) is 7.93. The maximum atomic E-state index is 12.6. The lowest BCUT2D eigenvalue weighted by atomic mass is 10.1. The minimum Gasteiger partial charge on any atom is -0.399 e. The molecule has 29 heavy (non-hydrogen) atoms. The summed E-state index contributed by atoms with van der Waals surface area (Å²) in [6.45, 7) is 2.52. The number of fused-ring (bicyclic) bond motifs is 1. The Labute approximate surface area is 171 Å². The molecule has 4 rings (SSSR count). The molecule has 3 N–H and O–H groups in total. The van der Waals surface area contributed by atoms with Crippen LogP contribution in [0.3, 0.4) is 0 Å². The number of aromatic nitrogens is 4. The quantitative estimate of drug-likeness (QED) is 0.391. The van der Waals surface area contributed by atoms with Crippen LogP contribution >= 0.6 is 11.8 Å². The predicted molar refractivity (Wildman–Crippen MR) is 116 cm³/mol. The van der Waals surface area contributed by atoms with Crippen molar-refractivity contribution in [2.45, 2.75) is 24.4 Å². The Morgan fingerprint density at radius 3 is 2.38 bits per heavy atom. The zero-order valence-electron chi connectivity index (χ0n) is 16.2. The van der Waals surface area contributed by atoms with Crippen molar-refractivity contribution in [2.24, 2.45) is 7.05 Å². The number of aromatic amines is 1. The van der Waals surface area contributed by atoms with Gasteiger partial charge in [-0.05, 0) is 30.2 Å². The normalized spacial score (nSPS) is 11.2. The molecule has 0 spiro atoms. The molecule has 0 saturated heterocycles. The van der Waals surface area contributed by atoms with Crippen molar-refractivity contribution < 1.29 is 0 Å². The van der Waals surface area contributed by atoms with Crippen molar-refractivity contribution in [1.29, 1.82) is 0 Å². The minimum atomic E-state index is -0.474. The van der Waals surface area contributed by atoms with E-state index in [0.717, 1.165) is 11.1 Å². The van der Waals surface area contributed by atoms with Gasteiger partial charge in [0.05, 0.1) is 6.54 Å². The summed E-state index contributed by atoms with van der Waals surface area (Å²) in [6.07, 6.45) is 0. The van der Waals surface area contributed by atoms with E-state index in [-0.39, 0.29) is 0 Å². The maximum Gasteiger partial charge on any atom is 0.329 e. The topological polar surface area (TPSA) is 98.7 Å². The van der Waals surface area contributed by atoms with Crippen LogP contribution in [0.15, 0.2) is 63.3 Å². The van der Waals surface area contributed by atoms with E-state index in [1.165, 1.54) is 21.9 Å². The highest BCUT2D eigenvalue weighted by Gasteiger charge is 2.18. The molecule has 7 nitrogen and oxygen atoms in total. The Hall–Kier alpha value is -3.26. The fourth-order valence-electron chi connectivity index (χ4n) is 3.11. The number of hydrogen-bond donors (Lipinski definition) is 2. The number of rotatable bonds is 5. The molecule has 2 aromatic heterocycles. The Bertz CT molecular complexity index is 1280. The van der Waals surface area contributed by atoms with Crippen LogP contribution in [0.5, 0.6) is 0 Å². The van der Waals surface area contributed by atoms with Crippen LogP contribution < -0.4 is 17.0 Å². The summed E-state index contributed by atoms with van der Waals surface area (Å²) in [7, 11) is 1.61. The average Bonchev–Trinajstić information content (AvgIpc) is 3.06. The van der Waals surface area contributed by atoms with E-state index in [2.05, 4.69) is 9.97 Å². The maximum absolute atomic E-state index is 12.6. The largest absolute Gasteiger partial charge is 0.399 e. The summed E-state index contributed by atoms with van der Waals surface area (Å²) in [4.78, 5) is 31.6. The first-order valence-electron chi connectivity index (χ1n) is 9.14. The number of H-pyrrole nitrogens is 1. The number of nitrogens with one attached hydrogen (secondary N) is 1. The van der Waals surface area contributed by atoms with Gasteiger partial charge in [-0.15, -0.1) is 0 Å². The van der Waals surface area contributed by atoms with Gasteiger partial charge in [0, 0.05) is 18.5 Å². The SMILES string of the molecule is Cc1ccc(Cn2c(SCc3ccc(N)cc3)nc3c2c(=O)[nH]c(=O)n3C)cc1. The third-order valence-corrected chi connectivity index (χ3v) is 5.83. The average molecular weight is 407 g/mol. The molecule has 8 heteroatoms. The molecule has 0 bridgehead atoms. The van der Waals surface area contributed by atoms with Crippen LogP contribution in [-0.4, -0.2) is 19.1 Å². The standard InChI is InChI=1S/C21H21N5O2S/c1-13-3-5-14(6-4-13)11-26-17-18(25(2)20(28)24-19(17)27)23-21(26)29-12-15-7-9-16(22)10-8-15/h3-10H,11-12,22H2,1-2H3,(H,24,27,28). The number of nitrogens with zero attached hydrogens (tertiary/aromatic N) is 3. The zero-order chi connectivity index (χ0) is 20.5. The van der Waals surface area contributed by atoms with E-state index < -0.39 is 11.2 Å². The van der Waals surface area contributed by atoms with E-state index in [4.69, 9.17) is 5.73 Å². The van der Waals surface area contributed by atoms with Gasteiger partial charge in [-0.3, -0.25) is 14.3 Å². The number of aryl methyl sites for hydroxylation is 2. The van der Waals surface area contributed by atoms with Crippen LogP contribution in [0.2, 0.25) is 0 Å². The van der Waals surface area contributed by atoms with Gasteiger partial charge in [0.25, 0.3) is 5.56 Å². The summed E-state index contributed by atoms with van der Waals surface area (Å²) in [5.74, 6) is 0.670. The van der Waals surface area contributed by atoms with E-state index in [1.54, 1.807) is 7.05 Å². The van der Waals surface area contributed by atoms with Crippen LogP contribution in [0.1, 0.15) is 16.7 Å². The first-order valence-corrected chi connectivity index (χ1v) is 10.1. The van der Waals surface area contributed by atoms with Crippen molar-refractivity contribution in [3.63, 3.8) is 0 Å². The Morgan fingerprint density at radius 1 is 1.03 bits per heavy atom. The number of nitrogens with two attached hydrogens (primary N) is 1. The van der Waals surface area contributed by atoms with E-state index in [0.29, 0.717) is 34.3 Å². The molecule has 0 unspecified atom stereocenters. The summed E-state index contributed by atoms with van der Waals surface area (Å²) in [5.41, 5.74) is 9.67. The van der Waals surface area contributed by atoms with Gasteiger partial charge in [-0.2, -0.15) is 0 Å². The third-order valence-electron chi connectivity index (χ3n) is 4.78.